The van der Waals surface area contributed by atoms with Gasteiger partial charge < -0.3 is 4.90 Å². The summed E-state index contributed by atoms with van der Waals surface area (Å²) in [6, 6.07) is 10.9. The lowest BCUT2D eigenvalue weighted by atomic mass is 10.0. The molecule has 2 nitrogen and oxygen atoms in total. The molecule has 0 saturated heterocycles. The van der Waals surface area contributed by atoms with Gasteiger partial charge in [0.25, 0.3) is 0 Å². The van der Waals surface area contributed by atoms with Gasteiger partial charge in [-0.2, -0.15) is 0 Å². The Morgan fingerprint density at radius 3 is 2.26 bits per heavy atom. The van der Waals surface area contributed by atoms with E-state index in [1.165, 1.54) is 18.2 Å². The lowest BCUT2D eigenvalue weighted by Gasteiger charge is -2.35. The highest BCUT2D eigenvalue weighted by atomic mass is 35.5. The number of hydrogen-bond acceptors (Lipinski definition) is 2. The molecule has 1 aliphatic rings. The lowest BCUT2D eigenvalue weighted by molar-refractivity contribution is 0.574. The molecule has 0 fully saturated rings. The summed E-state index contributed by atoms with van der Waals surface area (Å²) in [5.74, 6) is -1.22. The number of hydrogen-bond donors (Lipinski definition) is 0. The van der Waals surface area contributed by atoms with Crippen LogP contribution in [-0.2, 0) is 0 Å². The SMILES string of the molecule is CC1=C(c2c(F)cccc2F)N(c2ccc(Cl)cc2)C(C)C=N1. The van der Waals surface area contributed by atoms with Gasteiger partial charge in [0.1, 0.15) is 11.6 Å². The van der Waals surface area contributed by atoms with Crippen molar-refractivity contribution in [2.45, 2.75) is 19.9 Å². The minimum atomic E-state index is -0.609. The molecule has 5 heteroatoms. The smallest absolute Gasteiger partial charge is 0.135 e. The van der Waals surface area contributed by atoms with Crippen LogP contribution >= 0.6 is 11.6 Å². The normalized spacial score (nSPS) is 17.8. The van der Waals surface area contributed by atoms with Gasteiger partial charge in [-0.05, 0) is 50.2 Å². The molecule has 0 saturated carbocycles. The second kappa shape index (κ2) is 6.13. The van der Waals surface area contributed by atoms with Crippen molar-refractivity contribution in [3.8, 4) is 0 Å². The number of benzene rings is 2. The first-order valence-electron chi connectivity index (χ1n) is 7.23. The van der Waals surface area contributed by atoms with Crippen molar-refractivity contribution < 1.29 is 8.78 Å². The van der Waals surface area contributed by atoms with Crippen LogP contribution in [0, 0.1) is 11.6 Å². The Labute approximate surface area is 138 Å². The van der Waals surface area contributed by atoms with Gasteiger partial charge in [0.05, 0.1) is 23.0 Å². The number of allylic oxidation sites excluding steroid dienone is 1. The first-order valence-corrected chi connectivity index (χ1v) is 7.61. The molecule has 1 unspecified atom stereocenters. The zero-order valence-corrected chi connectivity index (χ0v) is 13.5. The van der Waals surface area contributed by atoms with E-state index < -0.39 is 11.6 Å². The third-order valence-corrected chi connectivity index (χ3v) is 4.03. The molecule has 1 heterocycles. The summed E-state index contributed by atoms with van der Waals surface area (Å²) in [4.78, 5) is 6.16. The fourth-order valence-electron chi connectivity index (χ4n) is 2.72. The number of rotatable bonds is 2. The maximum Gasteiger partial charge on any atom is 0.135 e. The molecule has 1 aliphatic heterocycles. The molecule has 2 aromatic rings. The van der Waals surface area contributed by atoms with Gasteiger partial charge in [0.2, 0.25) is 0 Å². The topological polar surface area (TPSA) is 15.6 Å². The van der Waals surface area contributed by atoms with E-state index in [1.54, 1.807) is 25.3 Å². The van der Waals surface area contributed by atoms with E-state index in [1.807, 2.05) is 24.0 Å². The number of nitrogens with zero attached hydrogens (tertiary/aromatic N) is 2. The first kappa shape index (κ1) is 15.7. The summed E-state index contributed by atoms with van der Waals surface area (Å²) >= 11 is 5.94. The van der Waals surface area contributed by atoms with Gasteiger partial charge in [0.15, 0.2) is 0 Å². The van der Waals surface area contributed by atoms with Crippen LogP contribution in [0.3, 0.4) is 0 Å². The van der Waals surface area contributed by atoms with Crippen molar-refractivity contribution in [3.63, 3.8) is 0 Å². The minimum absolute atomic E-state index is 0.0661. The first-order chi connectivity index (χ1) is 11.0. The van der Waals surface area contributed by atoms with Gasteiger partial charge in [-0.3, -0.25) is 4.99 Å². The van der Waals surface area contributed by atoms with Crippen molar-refractivity contribution in [2.75, 3.05) is 4.90 Å². The highest BCUT2D eigenvalue weighted by Gasteiger charge is 2.28. The van der Waals surface area contributed by atoms with Gasteiger partial charge in [-0.15, -0.1) is 0 Å². The molecular formula is C18H15ClF2N2. The molecule has 3 rings (SSSR count). The van der Waals surface area contributed by atoms with E-state index in [4.69, 9.17) is 11.6 Å². The molecule has 0 N–H and O–H groups in total. The maximum absolute atomic E-state index is 14.3. The van der Waals surface area contributed by atoms with Crippen LogP contribution in [0.1, 0.15) is 19.4 Å². The standard InChI is InChI=1S/C18H15ClF2N2/c1-11-10-22-12(2)18(17-15(20)4-3-5-16(17)21)23(11)14-8-6-13(19)7-9-14/h3-11H,1-2H3. The zero-order chi connectivity index (χ0) is 16.6. The second-order valence-electron chi connectivity index (χ2n) is 5.40. The van der Waals surface area contributed by atoms with E-state index in [9.17, 15) is 8.78 Å². The van der Waals surface area contributed by atoms with E-state index >= 15 is 0 Å². The summed E-state index contributed by atoms with van der Waals surface area (Å²) in [7, 11) is 0. The fourth-order valence-corrected chi connectivity index (χ4v) is 2.84. The molecule has 2 aromatic carbocycles. The average Bonchev–Trinajstić information content (AvgIpc) is 2.52. The van der Waals surface area contributed by atoms with Gasteiger partial charge in [-0.1, -0.05) is 17.7 Å². The van der Waals surface area contributed by atoms with Crippen LogP contribution in [0.15, 0.2) is 53.2 Å². The van der Waals surface area contributed by atoms with Crippen LogP contribution in [0.4, 0.5) is 14.5 Å². The summed E-state index contributed by atoms with van der Waals surface area (Å²) in [6.45, 7) is 3.66. The monoisotopic (exact) mass is 332 g/mol. The summed E-state index contributed by atoms with van der Waals surface area (Å²) in [6.07, 6.45) is 1.76. The average molecular weight is 333 g/mol. The van der Waals surface area contributed by atoms with Gasteiger partial charge >= 0.3 is 0 Å². The molecule has 23 heavy (non-hydrogen) atoms. The third-order valence-electron chi connectivity index (χ3n) is 3.78. The fraction of sp³-hybridized carbons (Fsp3) is 0.167. The molecular weight excluding hydrogens is 318 g/mol. The lowest BCUT2D eigenvalue weighted by Crippen LogP contribution is -2.36. The molecule has 0 spiro atoms. The van der Waals surface area contributed by atoms with Crippen molar-refractivity contribution in [2.24, 2.45) is 4.99 Å². The molecule has 0 aromatic heterocycles. The quantitative estimate of drug-likeness (QED) is 0.730. The van der Waals surface area contributed by atoms with E-state index in [-0.39, 0.29) is 11.6 Å². The highest BCUT2D eigenvalue weighted by molar-refractivity contribution is 6.30. The Hall–Kier alpha value is -2.20. The van der Waals surface area contributed by atoms with E-state index in [2.05, 4.69) is 4.99 Å². The predicted octanol–water partition coefficient (Wildman–Crippen LogP) is 5.29. The van der Waals surface area contributed by atoms with Crippen LogP contribution < -0.4 is 4.90 Å². The van der Waals surface area contributed by atoms with Crippen LogP contribution in [0.2, 0.25) is 5.02 Å². The largest absolute Gasteiger partial charge is 0.331 e. The molecule has 0 radical (unpaired) electrons. The highest BCUT2D eigenvalue weighted by Crippen LogP contribution is 2.36. The van der Waals surface area contributed by atoms with Crippen LogP contribution in [-0.4, -0.2) is 12.3 Å². The van der Waals surface area contributed by atoms with E-state index in [0.717, 1.165) is 5.69 Å². The van der Waals surface area contributed by atoms with Crippen molar-refractivity contribution in [1.29, 1.82) is 0 Å². The van der Waals surface area contributed by atoms with E-state index in [0.29, 0.717) is 16.4 Å². The number of halogens is 3. The zero-order valence-electron chi connectivity index (χ0n) is 12.7. The summed E-state index contributed by atoms with van der Waals surface area (Å²) < 4.78 is 28.6. The Kier molecular flexibility index (Phi) is 4.18. The van der Waals surface area contributed by atoms with Crippen molar-refractivity contribution in [3.05, 3.63) is 70.4 Å². The third kappa shape index (κ3) is 2.86. The van der Waals surface area contributed by atoms with Crippen molar-refractivity contribution in [1.82, 2.24) is 0 Å². The Morgan fingerprint density at radius 2 is 1.65 bits per heavy atom. The van der Waals surface area contributed by atoms with Gasteiger partial charge in [0, 0.05) is 16.9 Å². The van der Waals surface area contributed by atoms with Crippen LogP contribution in [0.25, 0.3) is 5.70 Å². The Balaban J connectivity index is 2.21. The molecule has 118 valence electrons. The summed E-state index contributed by atoms with van der Waals surface area (Å²) in [5.41, 5.74) is 1.72. The van der Waals surface area contributed by atoms with Crippen LogP contribution in [0.5, 0.6) is 0 Å². The Morgan fingerprint density at radius 1 is 1.04 bits per heavy atom. The summed E-state index contributed by atoms with van der Waals surface area (Å²) in [5, 5.41) is 0.603. The van der Waals surface area contributed by atoms with Crippen molar-refractivity contribution >= 4 is 29.2 Å². The predicted molar refractivity (Wildman–Crippen MR) is 90.8 cm³/mol. The second-order valence-corrected chi connectivity index (χ2v) is 5.83. The minimum Gasteiger partial charge on any atom is -0.331 e. The number of aliphatic imine (C=N–C) groups is 1. The maximum atomic E-state index is 14.3. The van der Waals surface area contributed by atoms with Gasteiger partial charge in [-0.25, -0.2) is 8.78 Å². The molecule has 0 bridgehead atoms. The molecule has 0 aliphatic carbocycles. The molecule has 0 amide bonds. The Bertz CT molecular complexity index is 777. The number of anilines is 1. The molecule has 1 atom stereocenters.